The number of aliphatic imine (C=N–C) groups is 1. The maximum absolute atomic E-state index is 12.7. The quantitative estimate of drug-likeness (QED) is 0.154. The van der Waals surface area contributed by atoms with E-state index in [1.807, 2.05) is 55.5 Å². The summed E-state index contributed by atoms with van der Waals surface area (Å²) in [6.07, 6.45) is 0. The molecule has 0 bridgehead atoms. The molecular weight excluding hydrogens is 586 g/mol. The molecule has 46 heavy (non-hydrogen) atoms. The van der Waals surface area contributed by atoms with Crippen LogP contribution in [-0.4, -0.2) is 80.8 Å². The summed E-state index contributed by atoms with van der Waals surface area (Å²) >= 11 is 0. The van der Waals surface area contributed by atoms with Crippen molar-refractivity contribution in [2.45, 2.75) is 20.0 Å². The van der Waals surface area contributed by atoms with Gasteiger partial charge >= 0.3 is 0 Å². The maximum atomic E-state index is 12.7. The van der Waals surface area contributed by atoms with E-state index in [1.165, 1.54) is 0 Å². The van der Waals surface area contributed by atoms with Gasteiger partial charge in [0, 0.05) is 55.9 Å². The van der Waals surface area contributed by atoms with Gasteiger partial charge in [-0.2, -0.15) is 4.99 Å². The number of carbonyl (C=O) groups excluding carboxylic acids is 1. The van der Waals surface area contributed by atoms with Crippen LogP contribution in [0.1, 0.15) is 28.5 Å². The standard InChI is InChI=1S/C34H41N7O5/c1-5-46-25-10-8-24(9-11-25)37-28-19-29(33(42)39-34(35)36)38-27-12-6-22(18-26(27)28)20-40-14-16-41(17-15-40)21-23-7-13-30(43-2)32(45-4)31(23)44-3/h6-13,18-19H,5,14-17,20-21H2,1-4H3,(H,37,38)(H4,35,36,39,42). The van der Waals surface area contributed by atoms with Crippen molar-refractivity contribution < 1.29 is 23.7 Å². The molecule has 1 aromatic heterocycles. The molecule has 0 unspecified atom stereocenters. The topological polar surface area (TPSA) is 150 Å². The summed E-state index contributed by atoms with van der Waals surface area (Å²) in [5.41, 5.74) is 15.5. The van der Waals surface area contributed by atoms with Crippen LogP contribution in [0.2, 0.25) is 0 Å². The molecule has 12 nitrogen and oxygen atoms in total. The van der Waals surface area contributed by atoms with Gasteiger partial charge in [-0.25, -0.2) is 4.98 Å². The van der Waals surface area contributed by atoms with Crippen molar-refractivity contribution in [3.8, 4) is 23.0 Å². The summed E-state index contributed by atoms with van der Waals surface area (Å²) in [5.74, 6) is 1.81. The van der Waals surface area contributed by atoms with Crippen LogP contribution in [0.25, 0.3) is 10.9 Å². The Balaban J connectivity index is 1.32. The first-order valence-corrected chi connectivity index (χ1v) is 15.1. The number of nitrogens with two attached hydrogens (primary N) is 2. The van der Waals surface area contributed by atoms with Crippen molar-refractivity contribution in [2.24, 2.45) is 16.5 Å². The third-order valence-electron chi connectivity index (χ3n) is 7.82. The first-order valence-electron chi connectivity index (χ1n) is 15.1. The van der Waals surface area contributed by atoms with E-state index >= 15 is 0 Å². The lowest BCUT2D eigenvalue weighted by molar-refractivity contribution is 0.0998. The van der Waals surface area contributed by atoms with Crippen LogP contribution in [0.4, 0.5) is 11.4 Å². The van der Waals surface area contributed by atoms with E-state index in [2.05, 4.69) is 31.2 Å². The molecule has 0 atom stereocenters. The summed E-state index contributed by atoms with van der Waals surface area (Å²) in [6, 6.07) is 19.4. The van der Waals surface area contributed by atoms with Gasteiger partial charge in [-0.1, -0.05) is 12.1 Å². The number of pyridine rings is 1. The summed E-state index contributed by atoms with van der Waals surface area (Å²) in [4.78, 5) is 25.8. The van der Waals surface area contributed by atoms with Crippen LogP contribution >= 0.6 is 0 Å². The number of aromatic nitrogens is 1. The number of benzene rings is 3. The largest absolute Gasteiger partial charge is 0.494 e. The van der Waals surface area contributed by atoms with E-state index in [4.69, 9.17) is 30.4 Å². The van der Waals surface area contributed by atoms with E-state index in [-0.39, 0.29) is 11.7 Å². The molecule has 5 rings (SSSR count). The highest BCUT2D eigenvalue weighted by atomic mass is 16.5. The number of ether oxygens (including phenoxy) is 4. The molecule has 5 N–H and O–H groups in total. The van der Waals surface area contributed by atoms with E-state index in [0.29, 0.717) is 29.4 Å². The fraction of sp³-hybridized carbons (Fsp3) is 0.324. The molecule has 242 valence electrons. The molecule has 1 saturated heterocycles. The monoisotopic (exact) mass is 627 g/mol. The predicted molar refractivity (Wildman–Crippen MR) is 179 cm³/mol. The number of hydrogen-bond acceptors (Lipinski definition) is 9. The molecule has 1 amide bonds. The highest BCUT2D eigenvalue weighted by Crippen LogP contribution is 2.40. The lowest BCUT2D eigenvalue weighted by atomic mass is 10.1. The lowest BCUT2D eigenvalue weighted by Crippen LogP contribution is -2.45. The van der Waals surface area contributed by atoms with Crippen molar-refractivity contribution in [1.29, 1.82) is 0 Å². The smallest absolute Gasteiger partial charge is 0.298 e. The Morgan fingerprint density at radius 2 is 1.57 bits per heavy atom. The van der Waals surface area contributed by atoms with Gasteiger partial charge in [0.05, 0.1) is 39.1 Å². The van der Waals surface area contributed by atoms with Crippen molar-refractivity contribution in [2.75, 3.05) is 59.4 Å². The molecule has 1 fully saturated rings. The second-order valence-electron chi connectivity index (χ2n) is 10.9. The average Bonchev–Trinajstić information content (AvgIpc) is 3.06. The SMILES string of the molecule is CCOc1ccc(Nc2cc(C(=O)N=C(N)N)nc3ccc(CN4CCN(Cc5ccc(OC)c(OC)c5OC)CC4)cc23)cc1. The van der Waals surface area contributed by atoms with Crippen LogP contribution in [-0.2, 0) is 13.1 Å². The minimum Gasteiger partial charge on any atom is -0.494 e. The van der Waals surface area contributed by atoms with Crippen molar-refractivity contribution in [3.63, 3.8) is 0 Å². The molecule has 2 heterocycles. The van der Waals surface area contributed by atoms with Gasteiger partial charge < -0.3 is 35.7 Å². The zero-order valence-corrected chi connectivity index (χ0v) is 26.7. The van der Waals surface area contributed by atoms with Gasteiger partial charge in [0.25, 0.3) is 5.91 Å². The summed E-state index contributed by atoms with van der Waals surface area (Å²) in [7, 11) is 4.89. The Labute approximate surface area is 268 Å². The molecule has 3 aromatic carbocycles. The number of piperazine rings is 1. The minimum absolute atomic E-state index is 0.143. The third-order valence-corrected chi connectivity index (χ3v) is 7.82. The molecule has 0 spiro atoms. The fourth-order valence-corrected chi connectivity index (χ4v) is 5.61. The second kappa shape index (κ2) is 14.8. The second-order valence-corrected chi connectivity index (χ2v) is 10.9. The number of fused-ring (bicyclic) bond motifs is 1. The number of anilines is 2. The van der Waals surface area contributed by atoms with Crippen LogP contribution < -0.4 is 35.7 Å². The Bertz CT molecular complexity index is 1700. The molecule has 4 aromatic rings. The molecule has 1 aliphatic heterocycles. The zero-order chi connectivity index (χ0) is 32.6. The van der Waals surface area contributed by atoms with Crippen molar-refractivity contribution in [1.82, 2.24) is 14.8 Å². The molecule has 0 radical (unpaired) electrons. The van der Waals surface area contributed by atoms with Gasteiger partial charge in [-0.15, -0.1) is 0 Å². The zero-order valence-electron chi connectivity index (χ0n) is 26.7. The first kappa shape index (κ1) is 32.3. The molecular formula is C34H41N7O5. The van der Waals surface area contributed by atoms with E-state index < -0.39 is 5.91 Å². The van der Waals surface area contributed by atoms with E-state index in [1.54, 1.807) is 27.4 Å². The number of carbonyl (C=O) groups is 1. The van der Waals surface area contributed by atoms with E-state index in [9.17, 15) is 4.79 Å². The van der Waals surface area contributed by atoms with Crippen molar-refractivity contribution >= 4 is 34.1 Å². The lowest BCUT2D eigenvalue weighted by Gasteiger charge is -2.35. The van der Waals surface area contributed by atoms with Crippen LogP contribution in [0, 0.1) is 0 Å². The number of amides is 1. The Morgan fingerprint density at radius 3 is 2.20 bits per heavy atom. The van der Waals surface area contributed by atoms with Crippen LogP contribution in [0.15, 0.2) is 65.7 Å². The number of methoxy groups -OCH3 is 3. The molecule has 12 heteroatoms. The highest BCUT2D eigenvalue weighted by molar-refractivity contribution is 6.04. The summed E-state index contributed by atoms with van der Waals surface area (Å²) < 4.78 is 22.3. The highest BCUT2D eigenvalue weighted by Gasteiger charge is 2.22. The minimum atomic E-state index is -0.607. The Morgan fingerprint density at radius 1 is 0.870 bits per heavy atom. The molecule has 0 saturated carbocycles. The van der Waals surface area contributed by atoms with Gasteiger partial charge in [0.15, 0.2) is 17.5 Å². The third kappa shape index (κ3) is 7.59. The van der Waals surface area contributed by atoms with Gasteiger partial charge in [-0.3, -0.25) is 14.6 Å². The average molecular weight is 628 g/mol. The van der Waals surface area contributed by atoms with Gasteiger partial charge in [-0.05, 0) is 61.0 Å². The Kier molecular flexibility index (Phi) is 10.4. The molecule has 1 aliphatic rings. The van der Waals surface area contributed by atoms with Crippen LogP contribution in [0.5, 0.6) is 23.0 Å². The van der Waals surface area contributed by atoms with Gasteiger partial charge in [0.1, 0.15) is 11.4 Å². The number of hydrogen-bond donors (Lipinski definition) is 3. The van der Waals surface area contributed by atoms with Crippen molar-refractivity contribution in [3.05, 3.63) is 77.5 Å². The number of rotatable bonds is 12. The predicted octanol–water partition coefficient (Wildman–Crippen LogP) is 4.13. The number of guanidine groups is 1. The summed E-state index contributed by atoms with van der Waals surface area (Å²) in [6.45, 7) is 7.70. The first-order chi connectivity index (χ1) is 22.3. The maximum Gasteiger partial charge on any atom is 0.298 e. The van der Waals surface area contributed by atoms with Crippen LogP contribution in [0.3, 0.4) is 0 Å². The van der Waals surface area contributed by atoms with E-state index in [0.717, 1.165) is 72.9 Å². The fourth-order valence-electron chi connectivity index (χ4n) is 5.61. The summed E-state index contributed by atoms with van der Waals surface area (Å²) in [5, 5.41) is 4.32. The normalized spacial score (nSPS) is 13.7. The molecule has 0 aliphatic carbocycles. The number of nitrogens with one attached hydrogen (secondary N) is 1. The number of nitrogens with zero attached hydrogens (tertiary/aromatic N) is 4. The Hall–Kier alpha value is -5.07. The van der Waals surface area contributed by atoms with Gasteiger partial charge in [0.2, 0.25) is 5.75 Å².